The molecule has 0 spiro atoms. The van der Waals surface area contributed by atoms with Crippen LogP contribution in [0.1, 0.15) is 24.8 Å². The Morgan fingerprint density at radius 3 is 2.43 bits per heavy atom. The van der Waals surface area contributed by atoms with Gasteiger partial charge in [-0.05, 0) is 56.2 Å². The largest absolute Gasteiger partial charge is 0.354 e. The molecule has 0 aromatic heterocycles. The molecule has 160 valence electrons. The van der Waals surface area contributed by atoms with Gasteiger partial charge < -0.3 is 10.6 Å². The van der Waals surface area contributed by atoms with Gasteiger partial charge in [-0.15, -0.1) is 0 Å². The number of sulfonamides is 1. The second-order valence-corrected chi connectivity index (χ2v) is 9.99. The number of carbonyl (C=O) groups excluding carboxylic acids is 2. The van der Waals surface area contributed by atoms with Crippen LogP contribution in [-0.2, 0) is 19.6 Å². The van der Waals surface area contributed by atoms with Gasteiger partial charge in [0.15, 0.2) is 0 Å². The molecule has 0 unspecified atom stereocenters. The first kappa shape index (κ1) is 22.5. The van der Waals surface area contributed by atoms with Crippen LogP contribution in [0.3, 0.4) is 0 Å². The van der Waals surface area contributed by atoms with Crippen LogP contribution in [0.25, 0.3) is 0 Å². The number of amides is 2. The van der Waals surface area contributed by atoms with E-state index in [1.54, 1.807) is 36.4 Å². The van der Waals surface area contributed by atoms with Crippen LogP contribution in [0.2, 0.25) is 0 Å². The Bertz CT molecular complexity index is 1010. The third kappa shape index (κ3) is 5.47. The Hall–Kier alpha value is -2.23. The van der Waals surface area contributed by atoms with E-state index >= 15 is 0 Å². The number of benzene rings is 2. The highest BCUT2D eigenvalue weighted by Gasteiger charge is 2.39. The predicted molar refractivity (Wildman–Crippen MR) is 118 cm³/mol. The standard InChI is InChI=1S/C21H24BrN3O4S/c1-15-4-10-18(11-5-15)30(28,29)25-14-2-3-19(25)21(27)23-13-12-20(26)24-17-8-6-16(22)7-9-17/h4-11,19H,2-3,12-14H2,1H3,(H,23,27)(H,24,26)/t19-/m0/s1. The maximum atomic E-state index is 12.9. The molecule has 0 saturated carbocycles. The first-order valence-corrected chi connectivity index (χ1v) is 11.9. The van der Waals surface area contributed by atoms with Gasteiger partial charge in [0, 0.05) is 29.7 Å². The Balaban J connectivity index is 1.54. The average Bonchev–Trinajstić information content (AvgIpc) is 3.21. The molecule has 1 atom stereocenters. The van der Waals surface area contributed by atoms with Crippen LogP contribution in [0.5, 0.6) is 0 Å². The molecule has 7 nitrogen and oxygen atoms in total. The van der Waals surface area contributed by atoms with E-state index in [0.717, 1.165) is 10.0 Å². The topological polar surface area (TPSA) is 95.6 Å². The van der Waals surface area contributed by atoms with Gasteiger partial charge in [0.1, 0.15) is 6.04 Å². The molecule has 0 radical (unpaired) electrons. The van der Waals surface area contributed by atoms with Crippen LogP contribution in [0, 0.1) is 6.92 Å². The summed E-state index contributed by atoms with van der Waals surface area (Å²) in [4.78, 5) is 24.8. The number of carbonyl (C=O) groups is 2. The lowest BCUT2D eigenvalue weighted by atomic mass is 10.2. The summed E-state index contributed by atoms with van der Waals surface area (Å²) in [6.45, 7) is 2.32. The molecule has 3 rings (SSSR count). The van der Waals surface area contributed by atoms with Crippen molar-refractivity contribution in [2.75, 3.05) is 18.4 Å². The van der Waals surface area contributed by atoms with Gasteiger partial charge >= 0.3 is 0 Å². The zero-order chi connectivity index (χ0) is 21.7. The van der Waals surface area contributed by atoms with Crippen molar-refractivity contribution in [1.82, 2.24) is 9.62 Å². The van der Waals surface area contributed by atoms with Gasteiger partial charge in [0.2, 0.25) is 21.8 Å². The molecule has 2 N–H and O–H groups in total. The number of nitrogens with zero attached hydrogens (tertiary/aromatic N) is 1. The summed E-state index contributed by atoms with van der Waals surface area (Å²) in [5, 5.41) is 5.45. The monoisotopic (exact) mass is 493 g/mol. The SMILES string of the molecule is Cc1ccc(S(=O)(=O)N2CCC[C@H]2C(=O)NCCC(=O)Nc2ccc(Br)cc2)cc1. The molecule has 1 aliphatic heterocycles. The van der Waals surface area contributed by atoms with Crippen molar-refractivity contribution in [2.45, 2.75) is 37.1 Å². The van der Waals surface area contributed by atoms with Crippen molar-refractivity contribution in [3.05, 3.63) is 58.6 Å². The van der Waals surface area contributed by atoms with Crippen molar-refractivity contribution in [2.24, 2.45) is 0 Å². The molecule has 30 heavy (non-hydrogen) atoms. The molecule has 0 aliphatic carbocycles. The van der Waals surface area contributed by atoms with Crippen LogP contribution < -0.4 is 10.6 Å². The van der Waals surface area contributed by atoms with E-state index in [1.807, 2.05) is 19.1 Å². The first-order valence-electron chi connectivity index (χ1n) is 9.69. The Morgan fingerprint density at radius 2 is 1.77 bits per heavy atom. The number of rotatable bonds is 7. The first-order chi connectivity index (χ1) is 14.3. The van der Waals surface area contributed by atoms with Gasteiger partial charge in [-0.3, -0.25) is 9.59 Å². The van der Waals surface area contributed by atoms with Gasteiger partial charge in [0.05, 0.1) is 4.90 Å². The van der Waals surface area contributed by atoms with Crippen molar-refractivity contribution in [3.63, 3.8) is 0 Å². The summed E-state index contributed by atoms with van der Waals surface area (Å²) in [6.07, 6.45) is 1.18. The maximum absolute atomic E-state index is 12.9. The molecule has 1 saturated heterocycles. The third-order valence-corrected chi connectivity index (χ3v) is 7.36. The molecular weight excluding hydrogens is 470 g/mol. The second-order valence-electron chi connectivity index (χ2n) is 7.18. The lowest BCUT2D eigenvalue weighted by molar-refractivity contribution is -0.124. The highest BCUT2D eigenvalue weighted by Crippen LogP contribution is 2.26. The Labute approximate surface area is 185 Å². The number of hydrogen-bond acceptors (Lipinski definition) is 4. The lowest BCUT2D eigenvalue weighted by Gasteiger charge is -2.23. The van der Waals surface area contributed by atoms with Crippen LogP contribution in [-0.4, -0.2) is 43.7 Å². The Morgan fingerprint density at radius 1 is 1.10 bits per heavy atom. The average molecular weight is 494 g/mol. The molecular formula is C21H24BrN3O4S. The molecule has 0 bridgehead atoms. The van der Waals surface area contributed by atoms with Gasteiger partial charge in [0.25, 0.3) is 0 Å². The Kier molecular flexibility index (Phi) is 7.27. The normalized spacial score (nSPS) is 16.9. The zero-order valence-corrected chi connectivity index (χ0v) is 19.0. The number of hydrogen-bond donors (Lipinski definition) is 2. The van der Waals surface area contributed by atoms with Crippen molar-refractivity contribution in [3.8, 4) is 0 Å². The maximum Gasteiger partial charge on any atom is 0.243 e. The molecule has 1 aliphatic rings. The van der Waals surface area contributed by atoms with E-state index in [4.69, 9.17) is 0 Å². The predicted octanol–water partition coefficient (Wildman–Crippen LogP) is 3.06. The van der Waals surface area contributed by atoms with E-state index in [9.17, 15) is 18.0 Å². The van der Waals surface area contributed by atoms with Crippen LogP contribution >= 0.6 is 15.9 Å². The van der Waals surface area contributed by atoms with Crippen LogP contribution in [0.15, 0.2) is 57.9 Å². The van der Waals surface area contributed by atoms with Crippen molar-refractivity contribution in [1.29, 1.82) is 0 Å². The molecule has 1 heterocycles. The number of nitrogens with one attached hydrogen (secondary N) is 2. The van der Waals surface area contributed by atoms with Crippen molar-refractivity contribution < 1.29 is 18.0 Å². The summed E-state index contributed by atoms with van der Waals surface area (Å²) in [5.74, 6) is -0.604. The fourth-order valence-electron chi connectivity index (χ4n) is 3.31. The minimum atomic E-state index is -3.75. The van der Waals surface area contributed by atoms with E-state index in [1.165, 1.54) is 4.31 Å². The highest BCUT2D eigenvalue weighted by atomic mass is 79.9. The fourth-order valence-corrected chi connectivity index (χ4v) is 5.23. The molecule has 2 aromatic carbocycles. The second kappa shape index (κ2) is 9.72. The van der Waals surface area contributed by atoms with E-state index in [-0.39, 0.29) is 29.7 Å². The zero-order valence-electron chi connectivity index (χ0n) is 16.6. The van der Waals surface area contributed by atoms with E-state index in [0.29, 0.717) is 25.1 Å². The lowest BCUT2D eigenvalue weighted by Crippen LogP contribution is -2.46. The number of anilines is 1. The molecule has 2 aromatic rings. The molecule has 1 fully saturated rings. The highest BCUT2D eigenvalue weighted by molar-refractivity contribution is 9.10. The van der Waals surface area contributed by atoms with Crippen molar-refractivity contribution >= 4 is 43.5 Å². The number of aryl methyl sites for hydroxylation is 1. The van der Waals surface area contributed by atoms with E-state index < -0.39 is 16.1 Å². The molecule has 2 amide bonds. The minimum absolute atomic E-state index is 0.0965. The summed E-state index contributed by atoms with van der Waals surface area (Å²) in [5.41, 5.74) is 1.63. The van der Waals surface area contributed by atoms with Gasteiger partial charge in [-0.25, -0.2) is 8.42 Å². The fraction of sp³-hybridized carbons (Fsp3) is 0.333. The summed E-state index contributed by atoms with van der Waals surface area (Å²) in [6, 6.07) is 13.0. The summed E-state index contributed by atoms with van der Waals surface area (Å²) < 4.78 is 28.1. The van der Waals surface area contributed by atoms with E-state index in [2.05, 4.69) is 26.6 Å². The van der Waals surface area contributed by atoms with Crippen LogP contribution in [0.4, 0.5) is 5.69 Å². The van der Waals surface area contributed by atoms with Gasteiger partial charge in [-0.1, -0.05) is 33.6 Å². The third-order valence-electron chi connectivity index (χ3n) is 4.91. The molecule has 9 heteroatoms. The summed E-state index contributed by atoms with van der Waals surface area (Å²) >= 11 is 3.33. The number of halogens is 1. The quantitative estimate of drug-likeness (QED) is 0.619. The minimum Gasteiger partial charge on any atom is -0.354 e. The summed E-state index contributed by atoms with van der Waals surface area (Å²) in [7, 11) is -3.75. The smallest absolute Gasteiger partial charge is 0.243 e. The van der Waals surface area contributed by atoms with Gasteiger partial charge in [-0.2, -0.15) is 4.31 Å².